The highest BCUT2D eigenvalue weighted by Gasteiger charge is 2.30. The predicted octanol–water partition coefficient (Wildman–Crippen LogP) is 24.4. The third-order valence-corrected chi connectivity index (χ3v) is 17.8. The summed E-state index contributed by atoms with van der Waals surface area (Å²) in [4.78, 5) is 73.1. The lowest BCUT2D eigenvalue weighted by Gasteiger charge is -2.21. The fraction of sp³-hybridized carbons (Fsp3) is 0.560. The van der Waals surface area contributed by atoms with Crippen LogP contribution in [0.5, 0.6) is 0 Å². The van der Waals surface area contributed by atoms with Crippen molar-refractivity contribution in [2.75, 3.05) is 39.6 Å². The average molecular weight is 1570 g/mol. The van der Waals surface area contributed by atoms with Crippen molar-refractivity contribution in [1.82, 2.24) is 0 Å². The number of aliphatic hydroxyl groups excluding tert-OH is 1. The predicted molar refractivity (Wildman–Crippen MR) is 454 cm³/mol. The molecule has 0 aromatic heterocycles. The molecule has 0 aromatic rings. The Bertz CT molecular complexity index is 2950. The molecule has 19 heteroatoms. The van der Waals surface area contributed by atoms with Gasteiger partial charge in [-0.2, -0.15) is 0 Å². The molecule has 2 unspecified atom stereocenters. The van der Waals surface area contributed by atoms with Gasteiger partial charge in [0.05, 0.1) is 26.4 Å². The maximum Gasteiger partial charge on any atom is 0.472 e. The van der Waals surface area contributed by atoms with Gasteiger partial charge in [-0.1, -0.05) is 291 Å². The van der Waals surface area contributed by atoms with Gasteiger partial charge in [-0.15, -0.1) is 0 Å². The van der Waals surface area contributed by atoms with Crippen molar-refractivity contribution in [2.24, 2.45) is 0 Å². The van der Waals surface area contributed by atoms with Crippen LogP contribution in [0.15, 0.2) is 219 Å². The van der Waals surface area contributed by atoms with Crippen LogP contribution in [0.3, 0.4) is 0 Å². The number of esters is 4. The molecule has 0 fully saturated rings. The van der Waals surface area contributed by atoms with Crippen LogP contribution in [0, 0.1) is 0 Å². The van der Waals surface area contributed by atoms with E-state index in [0.29, 0.717) is 38.5 Å². The van der Waals surface area contributed by atoms with Crippen LogP contribution in [0.4, 0.5) is 0 Å². The van der Waals surface area contributed by atoms with Gasteiger partial charge in [0, 0.05) is 25.7 Å². The second-order valence-electron chi connectivity index (χ2n) is 26.2. The highest BCUT2D eigenvalue weighted by atomic mass is 31.2. The largest absolute Gasteiger partial charge is 0.472 e. The molecule has 0 aliphatic rings. The number of aliphatic hydroxyl groups is 1. The van der Waals surface area contributed by atoms with Crippen LogP contribution in [0.1, 0.15) is 272 Å². The van der Waals surface area contributed by atoms with E-state index < -0.39 is 97.5 Å². The number of carbonyl (C=O) groups excluding carboxylic acids is 4. The Labute approximate surface area is 664 Å². The first-order valence-electron chi connectivity index (χ1n) is 41.0. The number of hydrogen-bond acceptors (Lipinski definition) is 15. The van der Waals surface area contributed by atoms with Gasteiger partial charge in [0.1, 0.15) is 19.3 Å². The molecule has 0 aliphatic carbocycles. The Kier molecular flexibility index (Phi) is 75.6. The molecular weight excluding hydrogens is 1430 g/mol. The molecule has 5 atom stereocenters. The van der Waals surface area contributed by atoms with E-state index in [9.17, 15) is 43.2 Å². The summed E-state index contributed by atoms with van der Waals surface area (Å²) < 4.78 is 68.5. The zero-order valence-corrected chi connectivity index (χ0v) is 69.4. The van der Waals surface area contributed by atoms with Crippen molar-refractivity contribution in [1.29, 1.82) is 0 Å². The van der Waals surface area contributed by atoms with Crippen molar-refractivity contribution in [3.05, 3.63) is 219 Å². The SMILES string of the molecule is CC/C=C\C/C=C\C/C=C\C/C=C\C/C=C\C/C=C\CCC(=O)OC[C@H](COP(=O)(O)OC[C@@H](O)COP(=O)(O)OC[C@@H](COC(=O)CCCCC/C=C\C/C=C\C/C=C\C/C=C\C/C=C\CC)OC(=O)CCCCCCC/C=C\CCCCCC)OC(=O)CC/C=C\C/C=C\C/C=C\C/C=C\C/C=C\C/C=C\CC. The van der Waals surface area contributed by atoms with Gasteiger partial charge in [0.25, 0.3) is 0 Å². The van der Waals surface area contributed by atoms with Crippen molar-refractivity contribution < 1.29 is 80.2 Å². The number of hydrogen-bond donors (Lipinski definition) is 3. The summed E-state index contributed by atoms with van der Waals surface area (Å²) >= 11 is 0. The lowest BCUT2D eigenvalue weighted by atomic mass is 10.1. The maximum absolute atomic E-state index is 13.1. The van der Waals surface area contributed by atoms with Crippen LogP contribution < -0.4 is 0 Å². The molecule has 3 N–H and O–H groups in total. The Morgan fingerprint density at radius 2 is 0.491 bits per heavy atom. The highest BCUT2D eigenvalue weighted by molar-refractivity contribution is 7.47. The van der Waals surface area contributed by atoms with Crippen molar-refractivity contribution >= 4 is 39.5 Å². The molecule has 0 amide bonds. The van der Waals surface area contributed by atoms with E-state index in [1.165, 1.54) is 25.7 Å². The van der Waals surface area contributed by atoms with Crippen LogP contribution >= 0.6 is 15.6 Å². The standard InChI is InChI=1S/C91H142O17P2/c1-5-9-13-17-21-25-29-33-36-39-42-45-48-52-55-59-63-67-71-75-88(93)101-81-86(107-90(95)77-73-69-65-61-57-51-32-28-24-20-16-12-8-4)83-105-109(97,98)103-79-85(92)80-104-110(99,100)106-84-87(108-91(96)78-74-70-66-62-58-54-50-47-44-41-38-35-31-27-23-19-15-11-7-3)82-102-89(94)76-72-68-64-60-56-53-49-46-43-40-37-34-30-26-22-18-14-10-6-2/h9-11,13-15,21-23,25-28,32-38,42-47,52-56,58,64,66,68,70,85-87,92H,5-8,12,16-20,24,29-31,39-41,48-51,57,59-63,65,67,69,71-84H2,1-4H3,(H,97,98)(H,99,100)/b13-9-,14-10-,15-11-,25-21-,26-22-,27-23-,32-28-,36-33-,37-34-,38-35-,45-42-,46-43-,47-44-,55-52-,56-53-,58-54-,68-64-,70-66-/t85-,86+,87+/m0/s1. The zero-order valence-electron chi connectivity index (χ0n) is 67.6. The summed E-state index contributed by atoms with van der Waals surface area (Å²) in [5.41, 5.74) is 0. The van der Waals surface area contributed by atoms with E-state index in [0.717, 1.165) is 154 Å². The molecule has 110 heavy (non-hydrogen) atoms. The van der Waals surface area contributed by atoms with Gasteiger partial charge >= 0.3 is 39.5 Å². The van der Waals surface area contributed by atoms with Gasteiger partial charge in [-0.05, 0) is 173 Å². The topological polar surface area (TPSA) is 237 Å². The first kappa shape index (κ1) is 103. The zero-order chi connectivity index (χ0) is 80.3. The Balaban J connectivity index is 5.56. The summed E-state index contributed by atoms with van der Waals surface area (Å²) in [7, 11) is -10.0. The third kappa shape index (κ3) is 79.5. The minimum Gasteiger partial charge on any atom is -0.462 e. The summed E-state index contributed by atoms with van der Waals surface area (Å²) in [6.45, 7) is 4.26. The van der Waals surface area contributed by atoms with E-state index >= 15 is 0 Å². The number of carbonyl (C=O) groups is 4. The monoisotopic (exact) mass is 1570 g/mol. The highest BCUT2D eigenvalue weighted by Crippen LogP contribution is 2.45. The fourth-order valence-corrected chi connectivity index (χ4v) is 11.4. The molecule has 0 saturated heterocycles. The van der Waals surface area contributed by atoms with E-state index in [1.54, 1.807) is 0 Å². The van der Waals surface area contributed by atoms with Crippen LogP contribution in [0.2, 0.25) is 0 Å². The smallest absolute Gasteiger partial charge is 0.462 e. The van der Waals surface area contributed by atoms with Gasteiger partial charge in [-0.25, -0.2) is 9.13 Å². The lowest BCUT2D eigenvalue weighted by molar-refractivity contribution is -0.161. The average Bonchev–Trinajstić information content (AvgIpc) is 0.900. The molecule has 0 spiro atoms. The van der Waals surface area contributed by atoms with Crippen molar-refractivity contribution in [2.45, 2.75) is 290 Å². The minimum atomic E-state index is -5.03. The molecule has 0 rings (SSSR count). The molecular formula is C91H142O17P2. The van der Waals surface area contributed by atoms with E-state index in [4.69, 9.17) is 37.0 Å². The van der Waals surface area contributed by atoms with Crippen molar-refractivity contribution in [3.63, 3.8) is 0 Å². The minimum absolute atomic E-state index is 0.0100. The van der Waals surface area contributed by atoms with Gasteiger partial charge in [0.2, 0.25) is 0 Å². The second-order valence-corrected chi connectivity index (χ2v) is 29.1. The Morgan fingerprint density at radius 1 is 0.264 bits per heavy atom. The summed E-state index contributed by atoms with van der Waals surface area (Å²) in [5.74, 6) is -2.44. The number of unbranched alkanes of at least 4 members (excludes halogenated alkanes) is 12. The van der Waals surface area contributed by atoms with Crippen LogP contribution in [-0.2, 0) is 65.4 Å². The third-order valence-electron chi connectivity index (χ3n) is 15.9. The van der Waals surface area contributed by atoms with E-state index in [1.807, 2.05) is 36.5 Å². The number of ether oxygens (including phenoxy) is 4. The fourth-order valence-electron chi connectivity index (χ4n) is 9.82. The summed E-state index contributed by atoms with van der Waals surface area (Å²) in [6, 6.07) is 0. The van der Waals surface area contributed by atoms with Crippen molar-refractivity contribution in [3.8, 4) is 0 Å². The van der Waals surface area contributed by atoms with E-state index in [2.05, 4.69) is 210 Å². The first-order valence-corrected chi connectivity index (χ1v) is 44.0. The normalized spacial score (nSPS) is 14.9. The first-order chi connectivity index (χ1) is 53.7. The van der Waals surface area contributed by atoms with Crippen LogP contribution in [-0.4, -0.2) is 96.7 Å². The van der Waals surface area contributed by atoms with Gasteiger partial charge in [0.15, 0.2) is 12.2 Å². The second kappa shape index (κ2) is 80.4. The van der Waals surface area contributed by atoms with E-state index in [-0.39, 0.29) is 25.7 Å². The number of rotatable bonds is 74. The van der Waals surface area contributed by atoms with Gasteiger partial charge < -0.3 is 33.8 Å². The Hall–Kier alpha value is -6.62. The summed E-state index contributed by atoms with van der Waals surface area (Å²) in [5, 5.41) is 10.7. The van der Waals surface area contributed by atoms with Gasteiger partial charge in [-0.3, -0.25) is 37.3 Å². The molecule has 17 nitrogen and oxygen atoms in total. The molecule has 0 aliphatic heterocycles. The molecule has 618 valence electrons. The lowest BCUT2D eigenvalue weighted by Crippen LogP contribution is -2.30. The number of allylic oxidation sites excluding steroid dienone is 36. The number of phosphoric ester groups is 2. The maximum atomic E-state index is 13.1. The summed E-state index contributed by atoms with van der Waals surface area (Å²) in [6.07, 6.45) is 102. The molecule has 0 bridgehead atoms. The molecule has 0 aromatic carbocycles. The Morgan fingerprint density at radius 3 is 0.818 bits per heavy atom. The molecule has 0 radical (unpaired) electrons. The molecule has 0 saturated carbocycles. The molecule has 0 heterocycles. The quantitative estimate of drug-likeness (QED) is 0.0169. The van der Waals surface area contributed by atoms with Crippen LogP contribution in [0.25, 0.3) is 0 Å². The number of phosphoric acid groups is 2.